The first-order valence-corrected chi connectivity index (χ1v) is 9.47. The summed E-state index contributed by atoms with van der Waals surface area (Å²) in [5.41, 5.74) is 2.39. The molecule has 2 aromatic rings. The van der Waals surface area contributed by atoms with E-state index in [9.17, 15) is 0 Å². The number of nitrogens with one attached hydrogen (secondary N) is 2. The Balaban J connectivity index is 1.33. The van der Waals surface area contributed by atoms with Crippen molar-refractivity contribution in [3.63, 3.8) is 0 Å². The van der Waals surface area contributed by atoms with Gasteiger partial charge in [0.1, 0.15) is 11.6 Å². The molecule has 2 aliphatic rings. The second-order valence-electron chi connectivity index (χ2n) is 7.26. The zero-order valence-electron chi connectivity index (χ0n) is 15.0. The van der Waals surface area contributed by atoms with Crippen molar-refractivity contribution in [2.75, 3.05) is 36.4 Å². The highest BCUT2D eigenvalue weighted by Gasteiger charge is 2.19. The van der Waals surface area contributed by atoms with E-state index in [-0.39, 0.29) is 0 Å². The molecule has 2 aromatic heterocycles. The summed E-state index contributed by atoms with van der Waals surface area (Å²) < 4.78 is 2.09. The lowest BCUT2D eigenvalue weighted by Crippen LogP contribution is -2.36. The number of hydrogen-bond donors (Lipinski definition) is 2. The lowest BCUT2D eigenvalue weighted by Gasteiger charge is -2.29. The van der Waals surface area contributed by atoms with E-state index in [1.54, 1.807) is 0 Å². The predicted molar refractivity (Wildman–Crippen MR) is 101 cm³/mol. The van der Waals surface area contributed by atoms with Gasteiger partial charge in [-0.25, -0.2) is 9.67 Å². The molecule has 6 nitrogen and oxygen atoms in total. The average molecular weight is 340 g/mol. The van der Waals surface area contributed by atoms with E-state index < -0.39 is 0 Å². The normalized spacial score (nSPS) is 20.2. The molecule has 4 heterocycles. The SMILES string of the molecule is Cc1cc2n(n1)C[C@H](CNCc1cccnc1N1CCCCC1)CN2. The van der Waals surface area contributed by atoms with Crippen LogP contribution in [0.4, 0.5) is 11.6 Å². The van der Waals surface area contributed by atoms with E-state index in [4.69, 9.17) is 0 Å². The molecule has 0 unspecified atom stereocenters. The highest BCUT2D eigenvalue weighted by molar-refractivity contribution is 5.47. The second-order valence-corrected chi connectivity index (χ2v) is 7.26. The third-order valence-corrected chi connectivity index (χ3v) is 5.18. The Labute approximate surface area is 149 Å². The van der Waals surface area contributed by atoms with Gasteiger partial charge in [0.25, 0.3) is 0 Å². The fraction of sp³-hybridized carbons (Fsp3) is 0.579. The summed E-state index contributed by atoms with van der Waals surface area (Å²) in [6.45, 7) is 8.17. The van der Waals surface area contributed by atoms with Gasteiger partial charge in [-0.3, -0.25) is 0 Å². The van der Waals surface area contributed by atoms with Crippen molar-refractivity contribution >= 4 is 11.6 Å². The summed E-state index contributed by atoms with van der Waals surface area (Å²) in [4.78, 5) is 7.11. The summed E-state index contributed by atoms with van der Waals surface area (Å²) in [6.07, 6.45) is 5.83. The van der Waals surface area contributed by atoms with Crippen LogP contribution in [0.15, 0.2) is 24.4 Å². The first kappa shape index (κ1) is 16.4. The molecule has 0 saturated carbocycles. The van der Waals surface area contributed by atoms with Crippen molar-refractivity contribution in [3.05, 3.63) is 35.7 Å². The van der Waals surface area contributed by atoms with Gasteiger partial charge in [0.05, 0.1) is 5.69 Å². The van der Waals surface area contributed by atoms with Crippen LogP contribution >= 0.6 is 0 Å². The van der Waals surface area contributed by atoms with E-state index in [1.807, 2.05) is 19.2 Å². The lowest BCUT2D eigenvalue weighted by molar-refractivity contribution is 0.390. The van der Waals surface area contributed by atoms with Crippen LogP contribution in [0.25, 0.3) is 0 Å². The number of aromatic nitrogens is 3. The van der Waals surface area contributed by atoms with E-state index in [1.165, 1.54) is 30.6 Å². The Bertz CT molecular complexity index is 704. The molecule has 0 radical (unpaired) electrons. The summed E-state index contributed by atoms with van der Waals surface area (Å²) in [7, 11) is 0. The smallest absolute Gasteiger partial charge is 0.133 e. The van der Waals surface area contributed by atoms with Crippen molar-refractivity contribution in [1.82, 2.24) is 20.1 Å². The molecule has 134 valence electrons. The zero-order valence-corrected chi connectivity index (χ0v) is 15.0. The number of anilines is 2. The van der Waals surface area contributed by atoms with Gasteiger partial charge in [0.15, 0.2) is 0 Å². The maximum absolute atomic E-state index is 4.66. The highest BCUT2D eigenvalue weighted by atomic mass is 15.3. The molecule has 0 aliphatic carbocycles. The quantitative estimate of drug-likeness (QED) is 0.875. The molecule has 2 N–H and O–H groups in total. The predicted octanol–water partition coefficient (Wildman–Crippen LogP) is 2.41. The number of rotatable bonds is 5. The first-order chi connectivity index (χ1) is 12.3. The standard InChI is InChI=1S/C19H28N6/c1-15-10-18-22-12-16(14-25(18)23-15)11-20-13-17-6-5-7-21-19(17)24-8-3-2-4-9-24/h5-7,10,16,20,22H,2-4,8-9,11-14H2,1H3/t16-/m1/s1. The monoisotopic (exact) mass is 340 g/mol. The summed E-state index contributed by atoms with van der Waals surface area (Å²) in [5, 5.41) is 11.7. The average Bonchev–Trinajstić information content (AvgIpc) is 3.02. The minimum Gasteiger partial charge on any atom is -0.370 e. The van der Waals surface area contributed by atoms with Crippen LogP contribution in [0.5, 0.6) is 0 Å². The van der Waals surface area contributed by atoms with E-state index in [0.29, 0.717) is 5.92 Å². The Morgan fingerprint density at radius 2 is 2.16 bits per heavy atom. The van der Waals surface area contributed by atoms with Crippen LogP contribution in [-0.4, -0.2) is 40.9 Å². The Hall–Kier alpha value is -2.08. The molecule has 4 rings (SSSR count). The number of fused-ring (bicyclic) bond motifs is 1. The van der Waals surface area contributed by atoms with Gasteiger partial charge in [-0.15, -0.1) is 0 Å². The van der Waals surface area contributed by atoms with Crippen LogP contribution in [0.2, 0.25) is 0 Å². The maximum atomic E-state index is 4.66. The number of piperidine rings is 1. The van der Waals surface area contributed by atoms with Crippen molar-refractivity contribution in [2.24, 2.45) is 5.92 Å². The van der Waals surface area contributed by atoms with Crippen molar-refractivity contribution in [2.45, 2.75) is 39.3 Å². The molecular formula is C19H28N6. The van der Waals surface area contributed by atoms with E-state index in [2.05, 4.69) is 42.4 Å². The molecular weight excluding hydrogens is 312 g/mol. The Morgan fingerprint density at radius 3 is 3.04 bits per heavy atom. The molecule has 0 spiro atoms. The van der Waals surface area contributed by atoms with Crippen LogP contribution in [0.1, 0.15) is 30.5 Å². The molecule has 2 aliphatic heterocycles. The molecule has 6 heteroatoms. The second kappa shape index (κ2) is 7.44. The number of aryl methyl sites for hydroxylation is 1. The van der Waals surface area contributed by atoms with Gasteiger partial charge in [0, 0.05) is 63.0 Å². The van der Waals surface area contributed by atoms with Crippen LogP contribution in [0.3, 0.4) is 0 Å². The largest absolute Gasteiger partial charge is 0.370 e. The fourth-order valence-corrected chi connectivity index (χ4v) is 3.89. The van der Waals surface area contributed by atoms with Gasteiger partial charge < -0.3 is 15.5 Å². The van der Waals surface area contributed by atoms with Gasteiger partial charge in [0.2, 0.25) is 0 Å². The van der Waals surface area contributed by atoms with E-state index >= 15 is 0 Å². The highest BCUT2D eigenvalue weighted by Crippen LogP contribution is 2.22. The minimum atomic E-state index is 0.557. The van der Waals surface area contributed by atoms with Gasteiger partial charge >= 0.3 is 0 Å². The molecule has 0 aromatic carbocycles. The fourth-order valence-electron chi connectivity index (χ4n) is 3.89. The Morgan fingerprint density at radius 1 is 1.28 bits per heavy atom. The Kier molecular flexibility index (Phi) is 4.88. The lowest BCUT2D eigenvalue weighted by atomic mass is 10.1. The van der Waals surface area contributed by atoms with Crippen molar-refractivity contribution in [3.8, 4) is 0 Å². The number of pyridine rings is 1. The minimum absolute atomic E-state index is 0.557. The maximum Gasteiger partial charge on any atom is 0.133 e. The van der Waals surface area contributed by atoms with Gasteiger partial charge in [-0.05, 0) is 32.3 Å². The first-order valence-electron chi connectivity index (χ1n) is 9.47. The van der Waals surface area contributed by atoms with Crippen molar-refractivity contribution < 1.29 is 0 Å². The number of nitrogens with zero attached hydrogens (tertiary/aromatic N) is 4. The number of hydrogen-bond acceptors (Lipinski definition) is 5. The molecule has 1 atom stereocenters. The third-order valence-electron chi connectivity index (χ3n) is 5.18. The van der Waals surface area contributed by atoms with Crippen molar-refractivity contribution in [1.29, 1.82) is 0 Å². The summed E-state index contributed by atoms with van der Waals surface area (Å²) in [5.74, 6) is 2.87. The van der Waals surface area contributed by atoms with Gasteiger partial charge in [-0.2, -0.15) is 5.10 Å². The third kappa shape index (κ3) is 3.79. The van der Waals surface area contributed by atoms with Gasteiger partial charge in [-0.1, -0.05) is 6.07 Å². The van der Waals surface area contributed by atoms with Crippen LogP contribution < -0.4 is 15.5 Å². The van der Waals surface area contributed by atoms with Crippen LogP contribution in [0, 0.1) is 12.8 Å². The van der Waals surface area contributed by atoms with Crippen LogP contribution in [-0.2, 0) is 13.1 Å². The zero-order chi connectivity index (χ0) is 17.1. The molecule has 0 amide bonds. The van der Waals surface area contributed by atoms with E-state index in [0.717, 1.165) is 50.8 Å². The molecule has 25 heavy (non-hydrogen) atoms. The topological polar surface area (TPSA) is 58.0 Å². The summed E-state index contributed by atoms with van der Waals surface area (Å²) >= 11 is 0. The molecule has 1 fully saturated rings. The molecule has 1 saturated heterocycles. The molecule has 0 bridgehead atoms. The summed E-state index contributed by atoms with van der Waals surface area (Å²) in [6, 6.07) is 6.37.